The second-order valence-electron chi connectivity index (χ2n) is 4.40. The van der Waals surface area contributed by atoms with Crippen molar-refractivity contribution >= 4 is 5.91 Å². The van der Waals surface area contributed by atoms with Crippen LogP contribution in [0.2, 0.25) is 0 Å². The molecule has 0 aromatic rings. The van der Waals surface area contributed by atoms with E-state index in [1.54, 1.807) is 0 Å². The Morgan fingerprint density at radius 3 is 2.50 bits per heavy atom. The summed E-state index contributed by atoms with van der Waals surface area (Å²) in [5.41, 5.74) is 0.134. The highest BCUT2D eigenvalue weighted by molar-refractivity contribution is 5.78. The zero-order valence-electron chi connectivity index (χ0n) is 9.35. The number of nitriles is 1. The van der Waals surface area contributed by atoms with Crippen LogP contribution in [-0.2, 0) is 4.79 Å². The van der Waals surface area contributed by atoms with E-state index in [0.29, 0.717) is 0 Å². The smallest absolute Gasteiger partial charge is 0.234 e. The van der Waals surface area contributed by atoms with Gasteiger partial charge in [-0.1, -0.05) is 20.8 Å². The molecule has 0 saturated heterocycles. The molecule has 0 bridgehead atoms. The van der Waals surface area contributed by atoms with E-state index in [1.165, 1.54) is 0 Å². The summed E-state index contributed by atoms with van der Waals surface area (Å²) in [5.74, 6) is -0.136. The Hall–Kier alpha value is -1.08. The van der Waals surface area contributed by atoms with Crippen molar-refractivity contribution in [1.29, 1.82) is 5.26 Å². The van der Waals surface area contributed by atoms with Crippen LogP contribution in [0.4, 0.5) is 0 Å². The molecular weight excluding hydrogens is 178 g/mol. The maximum Gasteiger partial charge on any atom is 0.234 e. The Balaban J connectivity index is 3.73. The van der Waals surface area contributed by atoms with Crippen LogP contribution in [0.25, 0.3) is 0 Å². The van der Waals surface area contributed by atoms with Crippen molar-refractivity contribution in [3.63, 3.8) is 0 Å². The number of carbonyl (C=O) groups excluding carboxylic acids is 1. The van der Waals surface area contributed by atoms with Gasteiger partial charge in [0, 0.05) is 6.04 Å². The summed E-state index contributed by atoms with van der Waals surface area (Å²) in [6.07, 6.45) is 0. The third kappa shape index (κ3) is 5.55. The molecule has 0 fully saturated rings. The van der Waals surface area contributed by atoms with E-state index in [9.17, 15) is 4.79 Å². The lowest BCUT2D eigenvalue weighted by Gasteiger charge is -2.27. The van der Waals surface area contributed by atoms with Gasteiger partial charge in [0.05, 0.1) is 12.6 Å². The van der Waals surface area contributed by atoms with Gasteiger partial charge in [-0.15, -0.1) is 0 Å². The Labute approximate surface area is 85.7 Å². The van der Waals surface area contributed by atoms with Gasteiger partial charge in [-0.25, -0.2) is 0 Å². The highest BCUT2D eigenvalue weighted by Crippen LogP contribution is 2.17. The van der Waals surface area contributed by atoms with Gasteiger partial charge < -0.3 is 10.6 Å². The lowest BCUT2D eigenvalue weighted by molar-refractivity contribution is -0.120. The van der Waals surface area contributed by atoms with Crippen molar-refractivity contribution in [2.75, 3.05) is 13.1 Å². The first-order valence-electron chi connectivity index (χ1n) is 4.75. The first-order chi connectivity index (χ1) is 6.38. The summed E-state index contributed by atoms with van der Waals surface area (Å²) >= 11 is 0. The molecule has 0 aliphatic rings. The van der Waals surface area contributed by atoms with Crippen molar-refractivity contribution in [3.8, 4) is 6.07 Å². The number of rotatable bonds is 4. The summed E-state index contributed by atoms with van der Waals surface area (Å²) in [6, 6.07) is 2.12. The Kier molecular flexibility index (Phi) is 5.18. The fourth-order valence-corrected chi connectivity index (χ4v) is 0.753. The van der Waals surface area contributed by atoms with Crippen LogP contribution in [0.15, 0.2) is 0 Å². The molecule has 0 rings (SSSR count). The van der Waals surface area contributed by atoms with Crippen LogP contribution in [-0.4, -0.2) is 25.0 Å². The van der Waals surface area contributed by atoms with Crippen molar-refractivity contribution in [1.82, 2.24) is 10.6 Å². The number of carbonyl (C=O) groups is 1. The first kappa shape index (κ1) is 12.9. The normalized spacial score (nSPS) is 13.1. The summed E-state index contributed by atoms with van der Waals surface area (Å²) in [6.45, 7) is 8.70. The van der Waals surface area contributed by atoms with E-state index in [2.05, 4.69) is 31.4 Å². The van der Waals surface area contributed by atoms with Gasteiger partial charge >= 0.3 is 0 Å². The molecule has 4 heteroatoms. The van der Waals surface area contributed by atoms with Crippen molar-refractivity contribution in [2.45, 2.75) is 33.7 Å². The number of nitrogens with one attached hydrogen (secondary N) is 2. The topological polar surface area (TPSA) is 64.9 Å². The lowest BCUT2D eigenvalue weighted by Crippen LogP contribution is -2.43. The molecule has 0 aromatic carbocycles. The average Bonchev–Trinajstić information content (AvgIpc) is 2.09. The van der Waals surface area contributed by atoms with E-state index in [0.717, 1.165) is 0 Å². The number of nitrogens with zero attached hydrogens (tertiary/aromatic N) is 1. The van der Waals surface area contributed by atoms with Crippen LogP contribution >= 0.6 is 0 Å². The van der Waals surface area contributed by atoms with Crippen LogP contribution in [0, 0.1) is 16.7 Å². The van der Waals surface area contributed by atoms with Crippen LogP contribution in [0.1, 0.15) is 27.7 Å². The summed E-state index contributed by atoms with van der Waals surface area (Å²) in [7, 11) is 0. The molecule has 14 heavy (non-hydrogen) atoms. The first-order valence-corrected chi connectivity index (χ1v) is 4.75. The molecule has 2 N–H and O–H groups in total. The van der Waals surface area contributed by atoms with E-state index in [4.69, 9.17) is 5.26 Å². The molecule has 0 aromatic heterocycles. The average molecular weight is 197 g/mol. The molecule has 1 unspecified atom stereocenters. The minimum Gasteiger partial charge on any atom is -0.342 e. The number of hydrogen-bond donors (Lipinski definition) is 2. The van der Waals surface area contributed by atoms with Crippen LogP contribution < -0.4 is 10.6 Å². The molecule has 0 heterocycles. The van der Waals surface area contributed by atoms with Gasteiger partial charge in [-0.2, -0.15) is 5.26 Å². The zero-order valence-corrected chi connectivity index (χ0v) is 9.35. The monoisotopic (exact) mass is 197 g/mol. The second kappa shape index (κ2) is 5.61. The predicted octanol–water partition coefficient (Wildman–Crippen LogP) is 0.650. The maximum atomic E-state index is 11.1. The van der Waals surface area contributed by atoms with Gasteiger partial charge in [0.1, 0.15) is 6.54 Å². The SMILES string of the molecule is CC(NCC(=O)NCC#N)C(C)(C)C. The van der Waals surface area contributed by atoms with Gasteiger partial charge in [-0.3, -0.25) is 4.79 Å². The highest BCUT2D eigenvalue weighted by Gasteiger charge is 2.19. The van der Waals surface area contributed by atoms with E-state index < -0.39 is 0 Å². The fraction of sp³-hybridized carbons (Fsp3) is 0.800. The van der Waals surface area contributed by atoms with E-state index >= 15 is 0 Å². The molecule has 0 spiro atoms. The van der Waals surface area contributed by atoms with Crippen molar-refractivity contribution < 1.29 is 4.79 Å². The maximum absolute atomic E-state index is 11.1. The molecule has 80 valence electrons. The Morgan fingerprint density at radius 2 is 2.07 bits per heavy atom. The molecular formula is C10H19N3O. The molecule has 0 aliphatic heterocycles. The molecule has 1 atom stereocenters. The van der Waals surface area contributed by atoms with Crippen molar-refractivity contribution in [2.24, 2.45) is 5.41 Å². The van der Waals surface area contributed by atoms with Gasteiger partial charge in [0.25, 0.3) is 0 Å². The molecule has 1 amide bonds. The minimum absolute atomic E-state index is 0.0738. The van der Waals surface area contributed by atoms with Crippen LogP contribution in [0.5, 0.6) is 0 Å². The van der Waals surface area contributed by atoms with Crippen LogP contribution in [0.3, 0.4) is 0 Å². The standard InChI is InChI=1S/C10H19N3O/c1-8(10(2,3)4)13-7-9(14)12-6-5-11/h8,13H,6-7H2,1-4H3,(H,12,14). The summed E-state index contributed by atoms with van der Waals surface area (Å²) in [4.78, 5) is 11.1. The van der Waals surface area contributed by atoms with Gasteiger partial charge in [-0.05, 0) is 12.3 Å². The van der Waals surface area contributed by atoms with Crippen molar-refractivity contribution in [3.05, 3.63) is 0 Å². The van der Waals surface area contributed by atoms with Gasteiger partial charge in [0.15, 0.2) is 0 Å². The quantitative estimate of drug-likeness (QED) is 0.650. The summed E-state index contributed by atoms with van der Waals surface area (Å²) in [5, 5.41) is 13.8. The molecule has 0 saturated carbocycles. The molecule has 0 aliphatic carbocycles. The fourth-order valence-electron chi connectivity index (χ4n) is 0.753. The van der Waals surface area contributed by atoms with E-state index in [1.807, 2.05) is 13.0 Å². The van der Waals surface area contributed by atoms with Gasteiger partial charge in [0.2, 0.25) is 5.91 Å². The highest BCUT2D eigenvalue weighted by atomic mass is 16.1. The predicted molar refractivity (Wildman–Crippen MR) is 55.5 cm³/mol. The third-order valence-electron chi connectivity index (χ3n) is 2.23. The zero-order chi connectivity index (χ0) is 11.2. The Bertz CT molecular complexity index is 225. The lowest BCUT2D eigenvalue weighted by atomic mass is 9.88. The second-order valence-corrected chi connectivity index (χ2v) is 4.40. The minimum atomic E-state index is -0.136. The Morgan fingerprint density at radius 1 is 1.50 bits per heavy atom. The number of hydrogen-bond acceptors (Lipinski definition) is 3. The molecule has 4 nitrogen and oxygen atoms in total. The van der Waals surface area contributed by atoms with E-state index in [-0.39, 0.29) is 30.5 Å². The molecule has 0 radical (unpaired) electrons. The third-order valence-corrected chi connectivity index (χ3v) is 2.23. The number of amides is 1. The largest absolute Gasteiger partial charge is 0.342 e. The summed E-state index contributed by atoms with van der Waals surface area (Å²) < 4.78 is 0.